The van der Waals surface area contributed by atoms with Gasteiger partial charge in [-0.15, -0.1) is 0 Å². The number of amides is 1. The quantitative estimate of drug-likeness (QED) is 0.342. The molecule has 274 valence electrons. The Morgan fingerprint density at radius 3 is 2.58 bits per heavy atom. The third kappa shape index (κ3) is 7.13. The summed E-state index contributed by atoms with van der Waals surface area (Å²) in [4.78, 5) is 19.9. The van der Waals surface area contributed by atoms with Gasteiger partial charge in [-0.05, 0) is 118 Å². The second kappa shape index (κ2) is 15.6. The number of carbonyl (C=O) groups excluding carboxylic acids is 1. The summed E-state index contributed by atoms with van der Waals surface area (Å²) in [7, 11) is 4.00. The maximum atomic E-state index is 13.0. The summed E-state index contributed by atoms with van der Waals surface area (Å²) in [5, 5.41) is 18.2. The first-order chi connectivity index (χ1) is 24.4. The topological polar surface area (TPSA) is 93.1 Å². The zero-order valence-electron chi connectivity index (χ0n) is 30.8. The number of piperazine rings is 1. The summed E-state index contributed by atoms with van der Waals surface area (Å²) in [6, 6.07) is 9.78. The lowest BCUT2D eigenvalue weighted by Gasteiger charge is -2.65. The molecule has 9 nitrogen and oxygen atoms in total. The maximum Gasteiger partial charge on any atom is 0.246 e. The first-order valence-corrected chi connectivity index (χ1v) is 19.9. The van der Waals surface area contributed by atoms with Gasteiger partial charge in [-0.1, -0.05) is 44.7 Å². The van der Waals surface area contributed by atoms with E-state index in [1.165, 1.54) is 94.3 Å². The normalized spacial score (nSPS) is 35.8. The van der Waals surface area contributed by atoms with Gasteiger partial charge in [0.25, 0.3) is 0 Å². The van der Waals surface area contributed by atoms with Crippen LogP contribution in [0.25, 0.3) is 0 Å². The third-order valence-corrected chi connectivity index (χ3v) is 14.1. The molecule has 2 N–H and O–H groups in total. The maximum absolute atomic E-state index is 13.0. The van der Waals surface area contributed by atoms with Crippen molar-refractivity contribution in [3.8, 4) is 11.8 Å². The number of ether oxygens (including phenoxy) is 2. The van der Waals surface area contributed by atoms with E-state index in [0.717, 1.165) is 44.7 Å². The van der Waals surface area contributed by atoms with Gasteiger partial charge in [0.15, 0.2) is 6.35 Å². The van der Waals surface area contributed by atoms with E-state index in [0.29, 0.717) is 37.5 Å². The van der Waals surface area contributed by atoms with E-state index in [4.69, 9.17) is 9.47 Å². The highest BCUT2D eigenvalue weighted by Crippen LogP contribution is 2.59. The monoisotopic (exact) mass is 686 g/mol. The molecule has 1 aromatic carbocycles. The summed E-state index contributed by atoms with van der Waals surface area (Å²) in [6.07, 6.45) is 20.3. The van der Waals surface area contributed by atoms with Gasteiger partial charge in [0, 0.05) is 37.1 Å². The smallest absolute Gasteiger partial charge is 0.246 e. The highest BCUT2D eigenvalue weighted by molar-refractivity contribution is 5.87. The number of rotatable bonds is 8. The Hall–Kier alpha value is -2.48. The van der Waals surface area contributed by atoms with Crippen molar-refractivity contribution in [2.24, 2.45) is 16.7 Å². The molecular weight excluding hydrogens is 624 g/mol. The van der Waals surface area contributed by atoms with Gasteiger partial charge in [-0.2, -0.15) is 5.26 Å². The number of hydrogen-bond acceptors (Lipinski definition) is 8. The van der Waals surface area contributed by atoms with Crippen molar-refractivity contribution in [3.05, 3.63) is 42.0 Å². The summed E-state index contributed by atoms with van der Waals surface area (Å²) in [5.74, 6) is 1.51. The van der Waals surface area contributed by atoms with Gasteiger partial charge in [0.05, 0.1) is 38.4 Å². The van der Waals surface area contributed by atoms with E-state index in [2.05, 4.69) is 58.3 Å². The van der Waals surface area contributed by atoms with Crippen molar-refractivity contribution in [1.29, 1.82) is 5.26 Å². The molecule has 50 heavy (non-hydrogen) atoms. The number of likely N-dealkylation sites (tertiary alicyclic amines) is 1. The van der Waals surface area contributed by atoms with Gasteiger partial charge >= 0.3 is 0 Å². The molecule has 9 heteroatoms. The van der Waals surface area contributed by atoms with E-state index in [9.17, 15) is 10.1 Å². The number of fused-ring (bicyclic) bond motifs is 2. The van der Waals surface area contributed by atoms with Crippen LogP contribution in [-0.2, 0) is 22.4 Å². The summed E-state index contributed by atoms with van der Waals surface area (Å²) >= 11 is 0. The fourth-order valence-electron chi connectivity index (χ4n) is 11.3. The minimum Gasteiger partial charge on any atom is -0.497 e. The first-order valence-electron chi connectivity index (χ1n) is 19.9. The molecule has 1 spiro atoms. The van der Waals surface area contributed by atoms with Crippen LogP contribution in [0.5, 0.6) is 5.75 Å². The van der Waals surface area contributed by atoms with Crippen molar-refractivity contribution in [2.45, 2.75) is 133 Å². The van der Waals surface area contributed by atoms with Gasteiger partial charge in [0.1, 0.15) is 5.75 Å². The molecule has 5 fully saturated rings. The molecule has 6 aliphatic rings. The zero-order valence-corrected chi connectivity index (χ0v) is 30.8. The van der Waals surface area contributed by atoms with E-state index < -0.39 is 0 Å². The number of nitriles is 1. The molecule has 0 radical (unpaired) electrons. The van der Waals surface area contributed by atoms with Crippen LogP contribution in [0.3, 0.4) is 0 Å². The number of benzene rings is 1. The van der Waals surface area contributed by atoms with Crippen LogP contribution in [0, 0.1) is 28.1 Å². The lowest BCUT2D eigenvalue weighted by Crippen LogP contribution is -2.78. The van der Waals surface area contributed by atoms with Crippen LogP contribution < -0.4 is 15.4 Å². The minimum atomic E-state index is -0.238. The van der Waals surface area contributed by atoms with Crippen LogP contribution in [0.4, 0.5) is 0 Å². The number of aryl methyl sites for hydroxylation is 1. The molecule has 0 aromatic heterocycles. The van der Waals surface area contributed by atoms with E-state index >= 15 is 0 Å². The number of nitrogens with one attached hydrogen (secondary N) is 2. The van der Waals surface area contributed by atoms with Crippen LogP contribution in [-0.4, -0.2) is 98.2 Å². The molecule has 7 atom stereocenters. The zero-order chi connectivity index (χ0) is 34.7. The highest BCUT2D eigenvalue weighted by Gasteiger charge is 2.61. The predicted octanol–water partition coefficient (Wildman–Crippen LogP) is 5.60. The van der Waals surface area contributed by atoms with Crippen molar-refractivity contribution >= 4 is 5.91 Å². The van der Waals surface area contributed by atoms with E-state index in [1.807, 2.05) is 4.90 Å². The number of likely N-dealkylation sites (N-methyl/N-ethyl adjacent to an activating group) is 1. The molecule has 6 unspecified atom stereocenters. The van der Waals surface area contributed by atoms with Crippen LogP contribution >= 0.6 is 0 Å². The molecule has 7 rings (SSSR count). The second-order valence-electron chi connectivity index (χ2n) is 16.7. The molecule has 3 saturated heterocycles. The molecule has 3 heterocycles. The van der Waals surface area contributed by atoms with E-state index in [-0.39, 0.29) is 35.3 Å². The Bertz CT molecular complexity index is 1390. The van der Waals surface area contributed by atoms with Gasteiger partial charge in [-0.3, -0.25) is 20.3 Å². The molecule has 1 aromatic rings. The average molecular weight is 687 g/mol. The number of carbonyl (C=O) groups is 1. The van der Waals surface area contributed by atoms with Crippen LogP contribution in [0.2, 0.25) is 0 Å². The van der Waals surface area contributed by atoms with Gasteiger partial charge in [-0.25, -0.2) is 0 Å². The molecule has 3 aliphatic heterocycles. The van der Waals surface area contributed by atoms with Crippen LogP contribution in [0.15, 0.2) is 30.9 Å². The molecular formula is C41H62N6O3. The van der Waals surface area contributed by atoms with Crippen molar-refractivity contribution in [3.63, 3.8) is 0 Å². The third-order valence-electron chi connectivity index (χ3n) is 14.1. The SMILES string of the molecule is C=CC(=O)N1CCN(C2NC(OCC3CCCN3C)NC3C[C@@]4(CCc5cc(OC)ccc5C4)CCC32C2CCCCCCC2)CC1CC#N. The Morgan fingerprint density at radius 1 is 1.02 bits per heavy atom. The van der Waals surface area contributed by atoms with Crippen molar-refractivity contribution < 1.29 is 14.3 Å². The Labute approximate surface area is 301 Å². The fourth-order valence-corrected chi connectivity index (χ4v) is 11.3. The Morgan fingerprint density at radius 2 is 1.84 bits per heavy atom. The minimum absolute atomic E-state index is 0.0363. The fraction of sp³-hybridized carbons (Fsp3) is 0.756. The molecule has 2 saturated carbocycles. The standard InChI is InChI=1S/C41H62N6O3/c1-4-37(48)47-24-23-46(28-33(47)17-21-42)38-41(32-11-8-6-5-7-9-12-32)20-19-40(18-16-30-25-35(49-3)15-14-31(30)26-40)27-36(41)43-39(44-38)50-29-34-13-10-22-45(34)2/h4,14-15,25,32-34,36,38-39,43-44H,1,5-13,16-20,22-24,26-29H2,2-3H3/t33?,34?,36?,38?,39?,40-,41?/m0/s1. The summed E-state index contributed by atoms with van der Waals surface area (Å²) in [5.41, 5.74) is 3.26. The number of nitrogens with zero attached hydrogens (tertiary/aromatic N) is 4. The lowest BCUT2D eigenvalue weighted by molar-refractivity contribution is -0.179. The molecule has 1 amide bonds. The van der Waals surface area contributed by atoms with Crippen molar-refractivity contribution in [1.82, 2.24) is 25.3 Å². The Kier molecular flexibility index (Phi) is 11.2. The second-order valence-corrected chi connectivity index (χ2v) is 16.7. The molecule has 3 aliphatic carbocycles. The largest absolute Gasteiger partial charge is 0.497 e. The number of methoxy groups -OCH3 is 1. The number of hydrogen-bond donors (Lipinski definition) is 2. The van der Waals surface area contributed by atoms with Crippen molar-refractivity contribution in [2.75, 3.05) is 46.9 Å². The lowest BCUT2D eigenvalue weighted by atomic mass is 9.50. The average Bonchev–Trinajstić information content (AvgIpc) is 3.54. The summed E-state index contributed by atoms with van der Waals surface area (Å²) in [6.45, 7) is 7.75. The van der Waals surface area contributed by atoms with Gasteiger partial charge < -0.3 is 19.3 Å². The summed E-state index contributed by atoms with van der Waals surface area (Å²) < 4.78 is 12.5. The predicted molar refractivity (Wildman–Crippen MR) is 196 cm³/mol. The van der Waals surface area contributed by atoms with Gasteiger partial charge in [0.2, 0.25) is 5.91 Å². The molecule has 0 bridgehead atoms. The van der Waals surface area contributed by atoms with E-state index in [1.54, 1.807) is 7.11 Å². The Balaban J connectivity index is 1.23. The first kappa shape index (κ1) is 35.9. The highest BCUT2D eigenvalue weighted by atomic mass is 16.5. The van der Waals surface area contributed by atoms with Crippen LogP contribution in [0.1, 0.15) is 101 Å².